The predicted molar refractivity (Wildman–Crippen MR) is 213 cm³/mol. The minimum absolute atomic E-state index is 0.0185. The second-order valence-corrected chi connectivity index (χ2v) is 19.6. The number of hydrogen-bond acceptors (Lipinski definition) is 8. The second-order valence-electron chi connectivity index (χ2n) is 14.3. The van der Waals surface area contributed by atoms with Crippen LogP contribution in [0.3, 0.4) is 0 Å². The molecule has 0 bridgehead atoms. The van der Waals surface area contributed by atoms with Crippen molar-refractivity contribution in [2.45, 2.75) is 68.1 Å². The van der Waals surface area contributed by atoms with E-state index in [9.17, 15) is 16.8 Å². The van der Waals surface area contributed by atoms with Gasteiger partial charge in [-0.2, -0.15) is 10.2 Å². The molecule has 0 saturated carbocycles. The molecule has 0 spiro atoms. The maximum atomic E-state index is 16.1. The molecule has 17 heteroatoms. The van der Waals surface area contributed by atoms with E-state index in [1.165, 1.54) is 40.2 Å². The molecular weight excluding hydrogens is 808 g/mol. The summed E-state index contributed by atoms with van der Waals surface area (Å²) in [5.41, 5.74) is 6.06. The highest BCUT2D eigenvalue weighted by Gasteiger charge is 2.27. The zero-order chi connectivity index (χ0) is 40.1. The van der Waals surface area contributed by atoms with Crippen molar-refractivity contribution in [2.24, 2.45) is 7.05 Å². The summed E-state index contributed by atoms with van der Waals surface area (Å²) in [7, 11) is -5.40. The quantitative estimate of drug-likeness (QED) is 0.120. The zero-order valence-electron chi connectivity index (χ0n) is 31.1. The van der Waals surface area contributed by atoms with Gasteiger partial charge >= 0.3 is 0 Å². The lowest BCUT2D eigenvalue weighted by molar-refractivity contribution is 0.582. The van der Waals surface area contributed by atoms with Crippen molar-refractivity contribution in [2.75, 3.05) is 12.5 Å². The lowest BCUT2D eigenvalue weighted by Gasteiger charge is -2.25. The van der Waals surface area contributed by atoms with Crippen LogP contribution in [-0.2, 0) is 39.6 Å². The molecule has 290 valence electrons. The number of benzene rings is 3. The van der Waals surface area contributed by atoms with Crippen LogP contribution in [-0.4, -0.2) is 63.9 Å². The van der Waals surface area contributed by atoms with E-state index < -0.39 is 31.4 Å². The van der Waals surface area contributed by atoms with Gasteiger partial charge in [0.15, 0.2) is 19.7 Å². The molecule has 0 aliphatic rings. The van der Waals surface area contributed by atoms with Crippen molar-refractivity contribution >= 4 is 54.5 Å². The summed E-state index contributed by atoms with van der Waals surface area (Å²) < 4.78 is 70.4. The molecule has 6 rings (SSSR count). The Labute approximate surface area is 334 Å². The number of aryl methyl sites for hydroxylation is 1. The fourth-order valence-electron chi connectivity index (χ4n) is 6.91. The number of sulfone groups is 2. The fraction of sp³-hybridized carbons (Fsp3) is 0.316. The molecule has 0 N–H and O–H groups in total. The van der Waals surface area contributed by atoms with Gasteiger partial charge in [-0.15, -0.1) is 5.10 Å². The van der Waals surface area contributed by atoms with E-state index >= 15 is 4.39 Å². The van der Waals surface area contributed by atoms with Gasteiger partial charge in [-0.05, 0) is 89.2 Å². The van der Waals surface area contributed by atoms with E-state index in [0.29, 0.717) is 39.1 Å². The normalized spacial score (nSPS) is 13.5. The Morgan fingerprint density at radius 2 is 1.31 bits per heavy atom. The first-order chi connectivity index (χ1) is 25.7. The first-order valence-corrected chi connectivity index (χ1v) is 22.1. The lowest BCUT2D eigenvalue weighted by Crippen LogP contribution is -2.14. The van der Waals surface area contributed by atoms with Crippen molar-refractivity contribution in [1.82, 2.24) is 34.6 Å². The molecular formula is C38H39Cl3FN7O4S2. The number of aromatic nitrogens is 7. The molecule has 0 fully saturated rings. The van der Waals surface area contributed by atoms with Crippen molar-refractivity contribution in [3.63, 3.8) is 0 Å². The van der Waals surface area contributed by atoms with E-state index in [4.69, 9.17) is 34.8 Å². The predicted octanol–water partition coefficient (Wildman–Crippen LogP) is 8.58. The lowest BCUT2D eigenvalue weighted by atomic mass is 9.84. The van der Waals surface area contributed by atoms with Gasteiger partial charge in [0, 0.05) is 53.1 Å². The Balaban J connectivity index is 1.51. The Bertz CT molecular complexity index is 2660. The third kappa shape index (κ3) is 8.53. The monoisotopic (exact) mass is 845 g/mol. The van der Waals surface area contributed by atoms with Gasteiger partial charge in [-0.3, -0.25) is 4.68 Å². The molecule has 0 radical (unpaired) electrons. The summed E-state index contributed by atoms with van der Waals surface area (Å²) in [5.74, 6) is -1.40. The fourth-order valence-corrected chi connectivity index (χ4v) is 8.64. The molecule has 0 amide bonds. The average Bonchev–Trinajstić information content (AvgIpc) is 3.87. The van der Waals surface area contributed by atoms with Crippen LogP contribution in [0, 0.1) is 5.82 Å². The highest BCUT2D eigenvalue weighted by molar-refractivity contribution is 7.91. The first-order valence-electron chi connectivity index (χ1n) is 17.2. The number of hydrogen-bond donors (Lipinski definition) is 0. The Morgan fingerprint density at radius 1 is 0.745 bits per heavy atom. The van der Waals surface area contributed by atoms with Crippen LogP contribution in [0.2, 0.25) is 15.1 Å². The third-order valence-corrected chi connectivity index (χ3v) is 12.4. The molecule has 2 unspecified atom stereocenters. The summed E-state index contributed by atoms with van der Waals surface area (Å²) in [4.78, 5) is -0.00907. The average molecular weight is 847 g/mol. The number of halogens is 4. The minimum atomic E-state index is -3.62. The molecule has 0 aliphatic heterocycles. The molecule has 2 atom stereocenters. The van der Waals surface area contributed by atoms with Crippen molar-refractivity contribution in [1.29, 1.82) is 0 Å². The topological polar surface area (TPSA) is 135 Å². The minimum Gasteiger partial charge on any atom is -0.255 e. The van der Waals surface area contributed by atoms with Crippen molar-refractivity contribution in [3.8, 4) is 22.6 Å². The summed E-state index contributed by atoms with van der Waals surface area (Å²) in [6, 6.07) is 10.4. The SMILES string of the molecule is CC(C)c1cc(Cl)cc(CC(C)c2cc(Cl)cc(CC(C)c3c(-n4cc(S(C)(=O)=O)cn4)ccc(Cl)c3F)c2-n2cc(S(C)(=O)=O)cn2)c1-c1cn(C)nn1. The van der Waals surface area contributed by atoms with Crippen LogP contribution < -0.4 is 0 Å². The molecule has 3 aromatic heterocycles. The van der Waals surface area contributed by atoms with Gasteiger partial charge in [-0.25, -0.2) is 30.6 Å². The summed E-state index contributed by atoms with van der Waals surface area (Å²) in [6.07, 6.45) is 9.96. The van der Waals surface area contributed by atoms with Gasteiger partial charge in [-0.1, -0.05) is 67.7 Å². The van der Waals surface area contributed by atoms with Gasteiger partial charge in [0.05, 0.1) is 35.0 Å². The third-order valence-electron chi connectivity index (χ3n) is 9.51. The summed E-state index contributed by atoms with van der Waals surface area (Å²) in [5, 5.41) is 18.2. The maximum Gasteiger partial charge on any atom is 0.178 e. The maximum absolute atomic E-state index is 16.1. The summed E-state index contributed by atoms with van der Waals surface area (Å²) in [6.45, 7) is 8.02. The van der Waals surface area contributed by atoms with Crippen LogP contribution >= 0.6 is 34.8 Å². The van der Waals surface area contributed by atoms with Crippen LogP contribution in [0.1, 0.15) is 73.3 Å². The highest BCUT2D eigenvalue weighted by atomic mass is 35.5. The van der Waals surface area contributed by atoms with E-state index in [0.717, 1.165) is 34.8 Å². The Kier molecular flexibility index (Phi) is 11.4. The second kappa shape index (κ2) is 15.5. The molecule has 0 aliphatic carbocycles. The Hall–Kier alpha value is -4.08. The number of rotatable bonds is 12. The van der Waals surface area contributed by atoms with Gasteiger partial charge in [0.25, 0.3) is 0 Å². The van der Waals surface area contributed by atoms with E-state index in [1.807, 2.05) is 38.2 Å². The van der Waals surface area contributed by atoms with Gasteiger partial charge in [0.1, 0.15) is 21.3 Å². The van der Waals surface area contributed by atoms with Crippen LogP contribution in [0.5, 0.6) is 0 Å². The zero-order valence-corrected chi connectivity index (χ0v) is 35.0. The van der Waals surface area contributed by atoms with E-state index in [1.54, 1.807) is 23.9 Å². The number of nitrogens with zero attached hydrogens (tertiary/aromatic N) is 7. The van der Waals surface area contributed by atoms with Crippen LogP contribution in [0.4, 0.5) is 4.39 Å². The van der Waals surface area contributed by atoms with Gasteiger partial charge < -0.3 is 0 Å². The smallest absolute Gasteiger partial charge is 0.178 e. The first kappa shape index (κ1) is 40.6. The highest BCUT2D eigenvalue weighted by Crippen LogP contribution is 2.41. The largest absolute Gasteiger partial charge is 0.255 e. The van der Waals surface area contributed by atoms with Crippen LogP contribution in [0.15, 0.2) is 77.2 Å². The molecule has 55 heavy (non-hydrogen) atoms. The van der Waals surface area contributed by atoms with Gasteiger partial charge in [0.2, 0.25) is 0 Å². The van der Waals surface area contributed by atoms with Crippen LogP contribution in [0.25, 0.3) is 22.6 Å². The molecule has 11 nitrogen and oxygen atoms in total. The van der Waals surface area contributed by atoms with E-state index in [-0.39, 0.29) is 38.6 Å². The molecule has 6 aromatic rings. The molecule has 3 aromatic carbocycles. The van der Waals surface area contributed by atoms with E-state index in [2.05, 4.69) is 34.4 Å². The molecule has 0 saturated heterocycles. The van der Waals surface area contributed by atoms with Crippen molar-refractivity contribution < 1.29 is 21.2 Å². The molecule has 3 heterocycles. The van der Waals surface area contributed by atoms with Crippen molar-refractivity contribution in [3.05, 3.63) is 116 Å². The summed E-state index contributed by atoms with van der Waals surface area (Å²) >= 11 is 19.9. The standard InChI is InChI=1S/C38H39Cl3FN7O4S2/c1-21(2)30-14-26(39)12-24(36(30)33-20-47(5)46-45-33)10-22(3)31-15-27(40)13-25(38(31)49-19-29(17-44-49)55(7,52)53)11-23(4)35-34(9-8-32(41)37(35)42)48-18-28(16-43-48)54(6,50)51/h8-9,12-23H,10-11H2,1-7H3. The Morgan fingerprint density at radius 3 is 1.87 bits per heavy atom.